The number of hydrogen-bond acceptors (Lipinski definition) is 5. The van der Waals surface area contributed by atoms with Crippen LogP contribution >= 0.6 is 11.8 Å². The minimum absolute atomic E-state index is 0.269. The molecule has 0 aliphatic heterocycles. The van der Waals surface area contributed by atoms with Crippen LogP contribution in [0.25, 0.3) is 0 Å². The van der Waals surface area contributed by atoms with E-state index in [0.717, 1.165) is 17.7 Å². The number of carbonyl (C=O) groups excluding carboxylic acids is 2. The Hall–Kier alpha value is -1.75. The highest BCUT2D eigenvalue weighted by molar-refractivity contribution is 8.00. The molecule has 0 bridgehead atoms. The average molecular weight is 393 g/mol. The zero-order valence-electron chi connectivity index (χ0n) is 16.7. The lowest BCUT2D eigenvalue weighted by molar-refractivity contribution is -0.146. The molecule has 1 aromatic rings. The number of rotatable bonds is 13. The van der Waals surface area contributed by atoms with E-state index in [1.165, 1.54) is 50.6 Å². The molecule has 0 heterocycles. The topological polar surface area (TPSA) is 52.6 Å². The second kappa shape index (κ2) is 14.3. The van der Waals surface area contributed by atoms with Gasteiger partial charge in [0, 0.05) is 11.0 Å². The van der Waals surface area contributed by atoms with Gasteiger partial charge in [-0.2, -0.15) is 0 Å². The number of thioether (sulfide) groups is 1. The lowest BCUT2D eigenvalue weighted by Gasteiger charge is -2.17. The summed E-state index contributed by atoms with van der Waals surface area (Å²) in [5, 5.41) is -0.314. The van der Waals surface area contributed by atoms with Gasteiger partial charge in [-0.3, -0.25) is 4.79 Å². The van der Waals surface area contributed by atoms with E-state index in [0.29, 0.717) is 6.42 Å². The predicted octanol–water partition coefficient (Wildman–Crippen LogP) is 5.56. The Morgan fingerprint density at radius 3 is 2.41 bits per heavy atom. The van der Waals surface area contributed by atoms with Crippen molar-refractivity contribution in [2.45, 2.75) is 75.0 Å². The summed E-state index contributed by atoms with van der Waals surface area (Å²) in [5.41, 5.74) is 0. The Labute approximate surface area is 167 Å². The van der Waals surface area contributed by atoms with Gasteiger partial charge in [-0.05, 0) is 38.0 Å². The Morgan fingerprint density at radius 2 is 1.74 bits per heavy atom. The third-order valence-electron chi connectivity index (χ3n) is 4.15. The Kier molecular flexibility index (Phi) is 12.4. The van der Waals surface area contributed by atoms with Crippen molar-refractivity contribution >= 4 is 23.7 Å². The van der Waals surface area contributed by atoms with Crippen LogP contribution in [0.4, 0.5) is 0 Å². The molecule has 0 N–H and O–H groups in total. The Morgan fingerprint density at radius 1 is 1.07 bits per heavy atom. The molecule has 150 valence electrons. The molecular weight excluding hydrogens is 360 g/mol. The summed E-state index contributed by atoms with van der Waals surface area (Å²) in [6.07, 6.45) is 10.3. The zero-order valence-corrected chi connectivity index (χ0v) is 17.5. The molecule has 2 atom stereocenters. The normalized spacial score (nSPS) is 13.3. The predicted molar refractivity (Wildman–Crippen MR) is 111 cm³/mol. The molecule has 1 unspecified atom stereocenters. The molecular formula is C22H32O4S. The van der Waals surface area contributed by atoms with Crippen molar-refractivity contribution in [2.75, 3.05) is 7.11 Å². The maximum atomic E-state index is 12.5. The van der Waals surface area contributed by atoms with Crippen molar-refractivity contribution in [3.63, 3.8) is 0 Å². The van der Waals surface area contributed by atoms with Crippen LogP contribution < -0.4 is 0 Å². The molecule has 0 radical (unpaired) electrons. The minimum Gasteiger partial charge on any atom is -0.466 e. The number of hydrogen-bond donors (Lipinski definition) is 0. The molecule has 4 nitrogen and oxygen atoms in total. The van der Waals surface area contributed by atoms with Gasteiger partial charge >= 0.3 is 11.9 Å². The highest BCUT2D eigenvalue weighted by Crippen LogP contribution is 2.24. The molecule has 0 aliphatic rings. The molecule has 0 saturated heterocycles. The minimum atomic E-state index is -0.439. The van der Waals surface area contributed by atoms with E-state index in [1.807, 2.05) is 37.3 Å². The van der Waals surface area contributed by atoms with Crippen LogP contribution in [-0.2, 0) is 19.1 Å². The van der Waals surface area contributed by atoms with E-state index in [4.69, 9.17) is 4.74 Å². The molecule has 0 fully saturated rings. The lowest BCUT2D eigenvalue weighted by atomic mass is 10.1. The van der Waals surface area contributed by atoms with E-state index in [-0.39, 0.29) is 11.2 Å². The summed E-state index contributed by atoms with van der Waals surface area (Å²) in [7, 11) is 1.33. The molecule has 0 spiro atoms. The second-order valence-corrected chi connectivity index (χ2v) is 7.90. The smallest absolute Gasteiger partial charge is 0.330 e. The van der Waals surface area contributed by atoms with Crippen molar-refractivity contribution in [2.24, 2.45) is 0 Å². The van der Waals surface area contributed by atoms with Gasteiger partial charge in [0.1, 0.15) is 11.4 Å². The van der Waals surface area contributed by atoms with Crippen LogP contribution in [0.1, 0.15) is 58.8 Å². The van der Waals surface area contributed by atoms with Gasteiger partial charge in [0.15, 0.2) is 0 Å². The van der Waals surface area contributed by atoms with E-state index in [9.17, 15) is 9.59 Å². The van der Waals surface area contributed by atoms with Crippen LogP contribution in [0.3, 0.4) is 0 Å². The van der Waals surface area contributed by atoms with Crippen molar-refractivity contribution < 1.29 is 19.1 Å². The number of ether oxygens (including phenoxy) is 2. The first-order valence-electron chi connectivity index (χ1n) is 9.75. The van der Waals surface area contributed by atoms with E-state index in [1.54, 1.807) is 6.08 Å². The van der Waals surface area contributed by atoms with Crippen LogP contribution in [0.2, 0.25) is 0 Å². The third-order valence-corrected chi connectivity index (χ3v) is 5.24. The molecule has 0 aromatic heterocycles. The first-order valence-corrected chi connectivity index (χ1v) is 10.6. The number of benzene rings is 1. The first kappa shape index (κ1) is 23.3. The summed E-state index contributed by atoms with van der Waals surface area (Å²) in [5.74, 6) is -0.708. The second-order valence-electron chi connectivity index (χ2n) is 6.49. The van der Waals surface area contributed by atoms with Gasteiger partial charge < -0.3 is 9.47 Å². The number of methoxy groups -OCH3 is 1. The van der Waals surface area contributed by atoms with Gasteiger partial charge in [0.05, 0.1) is 7.11 Å². The molecule has 27 heavy (non-hydrogen) atoms. The molecule has 0 amide bonds. The first-order chi connectivity index (χ1) is 13.1. The fourth-order valence-corrected chi connectivity index (χ4v) is 3.44. The molecule has 0 aliphatic carbocycles. The summed E-state index contributed by atoms with van der Waals surface area (Å²) in [6, 6.07) is 9.78. The van der Waals surface area contributed by atoms with Crippen molar-refractivity contribution in [3.8, 4) is 0 Å². The average Bonchev–Trinajstić information content (AvgIpc) is 2.68. The fraction of sp³-hybridized carbons (Fsp3) is 0.545. The standard InChI is InChI=1S/C22H32O4S/c1-4-5-6-7-8-10-13-19(16-17-21(23)25-3)26-22(24)18(2)27-20-14-11-9-12-15-20/h9,11-12,14-19H,4-8,10,13H2,1-3H3/b17-16+/t18?,19-/m0/s1. The fourth-order valence-electron chi connectivity index (χ4n) is 2.57. The van der Waals surface area contributed by atoms with Crippen molar-refractivity contribution in [1.29, 1.82) is 0 Å². The van der Waals surface area contributed by atoms with Gasteiger partial charge in [-0.25, -0.2) is 4.79 Å². The lowest BCUT2D eigenvalue weighted by Crippen LogP contribution is -2.23. The maximum absolute atomic E-state index is 12.5. The summed E-state index contributed by atoms with van der Waals surface area (Å²) >= 11 is 1.47. The van der Waals surface area contributed by atoms with E-state index >= 15 is 0 Å². The van der Waals surface area contributed by atoms with Gasteiger partial charge in [-0.1, -0.05) is 57.2 Å². The van der Waals surface area contributed by atoms with Gasteiger partial charge in [0.2, 0.25) is 0 Å². The Bertz CT molecular complexity index is 571. The highest BCUT2D eigenvalue weighted by Gasteiger charge is 2.19. The third kappa shape index (κ3) is 10.9. The molecule has 0 saturated carbocycles. The Balaban J connectivity index is 2.53. The highest BCUT2D eigenvalue weighted by atomic mass is 32.2. The van der Waals surface area contributed by atoms with Crippen molar-refractivity contribution in [3.05, 3.63) is 42.5 Å². The van der Waals surface area contributed by atoms with Crippen LogP contribution in [-0.4, -0.2) is 30.4 Å². The molecule has 1 rings (SSSR count). The maximum Gasteiger partial charge on any atom is 0.330 e. The summed E-state index contributed by atoms with van der Waals surface area (Å²) in [6.45, 7) is 4.04. The molecule has 5 heteroatoms. The SMILES string of the molecule is CCCCCCCC[C@@H](/C=C/C(=O)OC)OC(=O)C(C)Sc1ccccc1. The van der Waals surface area contributed by atoms with Gasteiger partial charge in [0.25, 0.3) is 0 Å². The van der Waals surface area contributed by atoms with Gasteiger partial charge in [-0.15, -0.1) is 11.8 Å². The number of unbranched alkanes of at least 4 members (excludes halogenated alkanes) is 5. The van der Waals surface area contributed by atoms with E-state index in [2.05, 4.69) is 11.7 Å². The van der Waals surface area contributed by atoms with E-state index < -0.39 is 12.1 Å². The number of carbonyl (C=O) groups is 2. The molecule has 1 aromatic carbocycles. The zero-order chi connectivity index (χ0) is 19.9. The summed E-state index contributed by atoms with van der Waals surface area (Å²) in [4.78, 5) is 24.9. The van der Waals surface area contributed by atoms with Crippen LogP contribution in [0.5, 0.6) is 0 Å². The van der Waals surface area contributed by atoms with Crippen LogP contribution in [0.15, 0.2) is 47.4 Å². The monoisotopic (exact) mass is 392 g/mol. The quantitative estimate of drug-likeness (QED) is 0.190. The number of esters is 2. The van der Waals surface area contributed by atoms with Crippen LogP contribution in [0, 0.1) is 0 Å². The largest absolute Gasteiger partial charge is 0.466 e. The summed E-state index contributed by atoms with van der Waals surface area (Å²) < 4.78 is 10.3. The van der Waals surface area contributed by atoms with Crippen molar-refractivity contribution in [1.82, 2.24) is 0 Å².